The summed E-state index contributed by atoms with van der Waals surface area (Å²) in [4.78, 5) is 89.0. The van der Waals surface area contributed by atoms with Gasteiger partial charge in [0.2, 0.25) is 16.9 Å². The number of carbonyl (C=O) groups is 3. The van der Waals surface area contributed by atoms with Crippen molar-refractivity contribution in [3.63, 3.8) is 0 Å². The summed E-state index contributed by atoms with van der Waals surface area (Å²) in [6.07, 6.45) is -5.65. The van der Waals surface area contributed by atoms with Crippen molar-refractivity contribution < 1.29 is 99.3 Å². The Morgan fingerprint density at radius 1 is 1.11 bits per heavy atom. The second-order valence-corrected chi connectivity index (χ2v) is 17.7. The van der Waals surface area contributed by atoms with E-state index >= 15 is 0 Å². The van der Waals surface area contributed by atoms with Crippen LogP contribution in [0.2, 0.25) is 0 Å². The van der Waals surface area contributed by atoms with E-state index < -0.39 is 84.6 Å². The number of aliphatic hydroxyl groups excluding tert-OH is 2. The molecular weight excluding hydrogens is 814 g/mol. The fourth-order valence-corrected chi connectivity index (χ4v) is 8.10. The number of allylic oxidation sites excluding steroid dienone is 1. The Morgan fingerprint density at radius 2 is 1.76 bits per heavy atom. The minimum atomic E-state index is -5.58. The number of phosphoric acid groups is 3. The van der Waals surface area contributed by atoms with Crippen LogP contribution in [0.3, 0.4) is 0 Å². The zero-order valence-corrected chi connectivity index (χ0v) is 33.6. The molecule has 2 amide bonds. The molecule has 3 rings (SSSR count). The van der Waals surface area contributed by atoms with Gasteiger partial charge in [-0.2, -0.15) is 4.31 Å². The van der Waals surface area contributed by atoms with Gasteiger partial charge in [-0.15, -0.1) is 0 Å². The molecule has 1 saturated heterocycles. The first-order chi connectivity index (χ1) is 24.9. The molecule has 3 unspecified atom stereocenters. The van der Waals surface area contributed by atoms with E-state index in [2.05, 4.69) is 34.4 Å². The number of nitrogens with two attached hydrogens (primary N) is 1. The van der Waals surface area contributed by atoms with E-state index in [0.717, 1.165) is 34.6 Å². The smallest absolute Gasteiger partial charge is 0.756 e. The van der Waals surface area contributed by atoms with Gasteiger partial charge in [-0.3, -0.25) is 32.6 Å². The molecule has 0 bridgehead atoms. The zero-order chi connectivity index (χ0) is 40.6. The number of nitrogens with one attached hydrogen (secondary N) is 2. The first-order valence-electron chi connectivity index (χ1n) is 15.6. The summed E-state index contributed by atoms with van der Waals surface area (Å²) in [5, 5.41) is 26.1. The molecule has 0 aliphatic carbocycles. The second-order valence-electron chi connectivity index (χ2n) is 12.4. The van der Waals surface area contributed by atoms with Crippen LogP contribution in [0.25, 0.3) is 11.2 Å². The zero-order valence-electron chi connectivity index (χ0n) is 30.1. The third-order valence-electron chi connectivity index (χ3n) is 7.15. The third-order valence-corrected chi connectivity index (χ3v) is 11.1. The van der Waals surface area contributed by atoms with Gasteiger partial charge in [0.25, 0.3) is 7.82 Å². The molecule has 304 valence electrons. The maximum atomic E-state index is 12.6. The van der Waals surface area contributed by atoms with Crippen LogP contribution in [0.15, 0.2) is 24.3 Å². The number of nitrogens with zero attached hydrogens (tertiary/aromatic N) is 4. The number of thioether (sulfide) groups is 1. The molecule has 55 heavy (non-hydrogen) atoms. The summed E-state index contributed by atoms with van der Waals surface area (Å²) in [6, 6.07) is 0. The number of carbonyl (C=O) groups excluding carboxylic acids is 3. The summed E-state index contributed by atoms with van der Waals surface area (Å²) in [5.41, 5.74) is 5.05. The number of hydrogen-bond acceptors (Lipinski definition) is 19. The van der Waals surface area contributed by atoms with E-state index in [1.165, 1.54) is 19.9 Å². The number of aliphatic hydroxyl groups is 2. The SMILES string of the molecule is CC(C)=CC(=O)SCCNC(=O)CCNC(=O)[C@H](O)C(C)(C)COP(=O)(O)OP(=O)(O)OC[C@H]1O[C@@H](n2cnc3c(N)ncnc32)[C@H](O)[C@@H]1OP(=O)([O-])O.[Li+]. The van der Waals surface area contributed by atoms with Crippen LogP contribution < -0.4 is 40.1 Å². The van der Waals surface area contributed by atoms with Gasteiger partial charge in [0, 0.05) is 30.7 Å². The first-order valence-corrected chi connectivity index (χ1v) is 21.1. The molecule has 8 atom stereocenters. The normalized spacial score (nSPS) is 22.4. The van der Waals surface area contributed by atoms with Gasteiger partial charge >= 0.3 is 34.5 Å². The number of rotatable bonds is 20. The van der Waals surface area contributed by atoms with E-state index in [0.29, 0.717) is 5.75 Å². The van der Waals surface area contributed by atoms with Gasteiger partial charge < -0.3 is 55.4 Å². The molecule has 3 heterocycles. The molecule has 9 N–H and O–H groups in total. The summed E-state index contributed by atoms with van der Waals surface area (Å²) in [7, 11) is -16.7. The van der Waals surface area contributed by atoms with E-state index in [-0.39, 0.29) is 60.5 Å². The molecule has 1 aliphatic heterocycles. The summed E-state index contributed by atoms with van der Waals surface area (Å²) in [5.74, 6) is -1.15. The van der Waals surface area contributed by atoms with E-state index in [4.69, 9.17) is 19.5 Å². The molecular formula is C26H41LiN7O17P3S. The van der Waals surface area contributed by atoms with Crippen molar-refractivity contribution in [1.82, 2.24) is 30.2 Å². The van der Waals surface area contributed by atoms with Crippen molar-refractivity contribution in [2.75, 3.05) is 37.8 Å². The predicted octanol–water partition coefficient (Wildman–Crippen LogP) is -4.00. The quantitative estimate of drug-likeness (QED) is 0.0272. The molecule has 0 spiro atoms. The van der Waals surface area contributed by atoms with E-state index in [1.54, 1.807) is 13.8 Å². The largest absolute Gasteiger partial charge is 1.00 e. The Morgan fingerprint density at radius 3 is 2.40 bits per heavy atom. The predicted molar refractivity (Wildman–Crippen MR) is 184 cm³/mol. The molecule has 2 aromatic rings. The Labute approximate surface area is 329 Å². The van der Waals surface area contributed by atoms with Gasteiger partial charge in [0.15, 0.2) is 17.7 Å². The van der Waals surface area contributed by atoms with Crippen molar-refractivity contribution in [1.29, 1.82) is 0 Å². The average molecular weight is 856 g/mol. The number of amides is 2. The average Bonchev–Trinajstić information content (AvgIpc) is 3.60. The van der Waals surface area contributed by atoms with Crippen molar-refractivity contribution >= 4 is 69.1 Å². The van der Waals surface area contributed by atoms with Gasteiger partial charge in [0.05, 0.1) is 19.5 Å². The van der Waals surface area contributed by atoms with E-state index in [9.17, 15) is 57.9 Å². The van der Waals surface area contributed by atoms with Crippen LogP contribution in [0.5, 0.6) is 0 Å². The molecule has 0 saturated carbocycles. The monoisotopic (exact) mass is 855 g/mol. The Kier molecular flexibility index (Phi) is 18.3. The Bertz CT molecular complexity index is 1850. The van der Waals surface area contributed by atoms with Gasteiger partial charge in [0.1, 0.15) is 36.3 Å². The Balaban J connectivity index is 0.0000105. The molecule has 29 heteroatoms. The maximum Gasteiger partial charge on any atom is 1.00 e. The summed E-state index contributed by atoms with van der Waals surface area (Å²) >= 11 is 1.02. The fraction of sp³-hybridized carbons (Fsp3) is 0.615. The third kappa shape index (κ3) is 15.3. The minimum Gasteiger partial charge on any atom is -0.756 e. The first kappa shape index (κ1) is 49.0. The topological polar surface area (TPSA) is 366 Å². The number of anilines is 1. The number of ether oxygens (including phenoxy) is 1. The van der Waals surface area contributed by atoms with Crippen molar-refractivity contribution in [3.05, 3.63) is 24.3 Å². The van der Waals surface area contributed by atoms with Gasteiger partial charge in [-0.1, -0.05) is 31.2 Å². The fourth-order valence-electron chi connectivity index (χ4n) is 4.55. The van der Waals surface area contributed by atoms with Crippen LogP contribution in [0.4, 0.5) is 5.82 Å². The van der Waals surface area contributed by atoms with E-state index in [1.807, 2.05) is 0 Å². The number of aromatic nitrogens is 4. The van der Waals surface area contributed by atoms with Gasteiger partial charge in [-0.05, 0) is 19.9 Å². The van der Waals surface area contributed by atoms with Crippen LogP contribution in [-0.2, 0) is 50.7 Å². The number of hydrogen-bond donors (Lipinski definition) is 8. The number of fused-ring (bicyclic) bond motifs is 1. The number of phosphoric ester groups is 3. The molecule has 1 aliphatic rings. The second kappa shape index (κ2) is 20.5. The standard InChI is InChI=1S/C26H42N7O17P3S.Li/c1-14(2)9-17(35)54-8-7-28-16(34)5-6-29-24(38)21(37)26(3,4)11-47-53(44,45)50-52(42,43)46-10-15-20(49-51(39,40)41)19(36)25(48-15)33-13-32-18-22(27)30-12-31-23(18)33;/h9,12-13,15,19-21,25,36-37H,5-8,10-11H2,1-4H3,(H,28,34)(H,29,38)(H,42,43)(H,44,45)(H2,27,30,31)(H2,39,40,41);/q;+1/p-1/t15-,19-,20-,21+,25-;/m1./s1. The van der Waals surface area contributed by atoms with Crippen molar-refractivity contribution in [2.45, 2.75) is 64.8 Å². The van der Waals surface area contributed by atoms with Crippen LogP contribution in [-0.4, -0.2) is 118 Å². The Hall–Kier alpha value is -2.10. The number of nitrogen functional groups attached to an aromatic ring is 1. The minimum absolute atomic E-state index is 0. The molecule has 2 aromatic heterocycles. The summed E-state index contributed by atoms with van der Waals surface area (Å²) in [6.45, 7) is 3.98. The van der Waals surface area contributed by atoms with Gasteiger partial charge in [-0.25, -0.2) is 24.1 Å². The number of imidazole rings is 1. The van der Waals surface area contributed by atoms with Crippen LogP contribution >= 0.6 is 35.2 Å². The maximum absolute atomic E-state index is 12.6. The van der Waals surface area contributed by atoms with Crippen LogP contribution in [0.1, 0.15) is 40.3 Å². The summed E-state index contributed by atoms with van der Waals surface area (Å²) < 4.78 is 61.6. The molecule has 0 aromatic carbocycles. The molecule has 1 fully saturated rings. The van der Waals surface area contributed by atoms with Crippen LogP contribution in [0, 0.1) is 5.41 Å². The molecule has 0 radical (unpaired) electrons. The van der Waals surface area contributed by atoms with Crippen molar-refractivity contribution in [3.8, 4) is 0 Å². The van der Waals surface area contributed by atoms with Crippen molar-refractivity contribution in [2.24, 2.45) is 5.41 Å². The molecule has 24 nitrogen and oxygen atoms in total.